The third-order valence-electron chi connectivity index (χ3n) is 4.41. The number of carbonyl (C=O) groups excluding carboxylic acids is 1. The second-order valence-electron chi connectivity index (χ2n) is 6.65. The number of ether oxygens (including phenoxy) is 4. The van der Waals surface area contributed by atoms with Crippen molar-refractivity contribution in [1.29, 1.82) is 0 Å². The molecule has 1 amide bonds. The van der Waals surface area contributed by atoms with Crippen LogP contribution in [-0.4, -0.2) is 62.0 Å². The van der Waals surface area contributed by atoms with Gasteiger partial charge in [-0.15, -0.1) is 0 Å². The van der Waals surface area contributed by atoms with E-state index < -0.39 is 22.5 Å². The number of hydrogen-bond acceptors (Lipinski definition) is 7. The summed E-state index contributed by atoms with van der Waals surface area (Å²) in [5.41, 5.74) is 0.310. The van der Waals surface area contributed by atoms with Crippen LogP contribution in [0.1, 0.15) is 6.92 Å². The molecule has 170 valence electrons. The fraction of sp³-hybridized carbons (Fsp3) is 0.381. The van der Waals surface area contributed by atoms with Gasteiger partial charge < -0.3 is 24.3 Å². The van der Waals surface area contributed by atoms with Crippen molar-refractivity contribution in [3.05, 3.63) is 42.5 Å². The number of carbonyl (C=O) groups is 1. The molecule has 2 aromatic carbocycles. The molecule has 9 nitrogen and oxygen atoms in total. The van der Waals surface area contributed by atoms with Gasteiger partial charge in [0.25, 0.3) is 10.0 Å². The first-order valence-corrected chi connectivity index (χ1v) is 10.9. The number of sulfonamides is 1. The Morgan fingerprint density at radius 2 is 1.61 bits per heavy atom. The Kier molecular flexibility index (Phi) is 8.52. The highest BCUT2D eigenvalue weighted by Crippen LogP contribution is 2.32. The molecule has 0 heterocycles. The highest BCUT2D eigenvalue weighted by molar-refractivity contribution is 7.92. The predicted molar refractivity (Wildman–Crippen MR) is 117 cm³/mol. The highest BCUT2D eigenvalue weighted by atomic mass is 32.2. The third-order valence-corrected chi connectivity index (χ3v) is 6.18. The largest absolute Gasteiger partial charge is 0.497 e. The second kappa shape index (κ2) is 10.9. The van der Waals surface area contributed by atoms with Crippen LogP contribution in [0, 0.1) is 0 Å². The average molecular weight is 453 g/mol. The summed E-state index contributed by atoms with van der Waals surface area (Å²) in [6.07, 6.45) is 0. The fourth-order valence-electron chi connectivity index (χ4n) is 2.91. The molecule has 0 fully saturated rings. The second-order valence-corrected chi connectivity index (χ2v) is 8.51. The molecule has 0 radical (unpaired) electrons. The molecular formula is C21H28N2O7S. The van der Waals surface area contributed by atoms with E-state index in [4.69, 9.17) is 18.9 Å². The summed E-state index contributed by atoms with van der Waals surface area (Å²) in [5, 5.41) is 2.73. The molecule has 0 aliphatic heterocycles. The molecule has 1 atom stereocenters. The summed E-state index contributed by atoms with van der Waals surface area (Å²) in [5.74, 6) is 0.745. The van der Waals surface area contributed by atoms with Gasteiger partial charge in [-0.2, -0.15) is 0 Å². The lowest BCUT2D eigenvalue weighted by Gasteiger charge is -2.25. The van der Waals surface area contributed by atoms with Gasteiger partial charge in [-0.25, -0.2) is 8.42 Å². The summed E-state index contributed by atoms with van der Waals surface area (Å²) >= 11 is 0. The van der Waals surface area contributed by atoms with Gasteiger partial charge in [0.05, 0.1) is 38.5 Å². The van der Waals surface area contributed by atoms with E-state index in [1.165, 1.54) is 46.6 Å². The van der Waals surface area contributed by atoms with Crippen molar-refractivity contribution in [2.24, 2.45) is 0 Å². The van der Waals surface area contributed by atoms with Crippen molar-refractivity contribution in [2.75, 3.05) is 45.9 Å². The Bertz CT molecular complexity index is 978. The van der Waals surface area contributed by atoms with E-state index in [0.717, 1.165) is 4.31 Å². The molecule has 10 heteroatoms. The zero-order valence-corrected chi connectivity index (χ0v) is 19.1. The fourth-order valence-corrected chi connectivity index (χ4v) is 4.35. The molecule has 0 aromatic heterocycles. The Balaban J connectivity index is 2.45. The normalized spacial score (nSPS) is 12.0. The van der Waals surface area contributed by atoms with E-state index in [1.54, 1.807) is 31.2 Å². The molecule has 0 aliphatic rings. The first-order valence-electron chi connectivity index (χ1n) is 9.44. The minimum atomic E-state index is -4.11. The molecule has 0 saturated heterocycles. The van der Waals surface area contributed by atoms with Crippen molar-refractivity contribution in [3.63, 3.8) is 0 Å². The summed E-state index contributed by atoms with van der Waals surface area (Å²) in [4.78, 5) is 12.6. The van der Waals surface area contributed by atoms with Crippen molar-refractivity contribution in [3.8, 4) is 17.2 Å². The van der Waals surface area contributed by atoms with Gasteiger partial charge >= 0.3 is 0 Å². The van der Waals surface area contributed by atoms with Gasteiger partial charge in [0.15, 0.2) is 11.5 Å². The SMILES string of the molecule is COC[C@@H](C)NC(=O)CN(c1ccc(OC)cc1)S(=O)(=O)c1ccc(OC)c(OC)c1. The van der Waals surface area contributed by atoms with E-state index in [2.05, 4.69) is 5.32 Å². The van der Waals surface area contributed by atoms with Gasteiger partial charge in [-0.1, -0.05) is 0 Å². The Hall–Kier alpha value is -2.98. The minimum absolute atomic E-state index is 0.0429. The van der Waals surface area contributed by atoms with Gasteiger partial charge in [-0.3, -0.25) is 9.10 Å². The van der Waals surface area contributed by atoms with E-state index in [0.29, 0.717) is 23.8 Å². The first-order chi connectivity index (χ1) is 14.8. The number of anilines is 1. The van der Waals surface area contributed by atoms with E-state index >= 15 is 0 Å². The molecule has 1 N–H and O–H groups in total. The third kappa shape index (κ3) is 6.02. The molecular weight excluding hydrogens is 424 g/mol. The van der Waals surface area contributed by atoms with Crippen LogP contribution in [0.3, 0.4) is 0 Å². The number of nitrogens with one attached hydrogen (secondary N) is 1. The molecule has 0 unspecified atom stereocenters. The van der Waals surface area contributed by atoms with Crippen LogP contribution in [0.5, 0.6) is 17.2 Å². The van der Waals surface area contributed by atoms with Crippen molar-refractivity contribution in [1.82, 2.24) is 5.32 Å². The van der Waals surface area contributed by atoms with Crippen molar-refractivity contribution in [2.45, 2.75) is 17.9 Å². The monoisotopic (exact) mass is 452 g/mol. The number of rotatable bonds is 11. The maximum atomic E-state index is 13.5. The highest BCUT2D eigenvalue weighted by Gasteiger charge is 2.28. The summed E-state index contributed by atoms with van der Waals surface area (Å²) in [7, 11) is 1.80. The van der Waals surface area contributed by atoms with Crippen LogP contribution in [0.15, 0.2) is 47.4 Å². The average Bonchev–Trinajstić information content (AvgIpc) is 2.77. The lowest BCUT2D eigenvalue weighted by molar-refractivity contribution is -0.120. The van der Waals surface area contributed by atoms with Crippen LogP contribution in [0.2, 0.25) is 0 Å². The smallest absolute Gasteiger partial charge is 0.264 e. The van der Waals surface area contributed by atoms with Gasteiger partial charge in [0, 0.05) is 19.2 Å². The number of nitrogens with zero attached hydrogens (tertiary/aromatic N) is 1. The van der Waals surface area contributed by atoms with Crippen LogP contribution in [-0.2, 0) is 19.6 Å². The topological polar surface area (TPSA) is 103 Å². The van der Waals surface area contributed by atoms with E-state index in [-0.39, 0.29) is 16.7 Å². The summed E-state index contributed by atoms with van der Waals surface area (Å²) in [6, 6.07) is 10.4. The molecule has 0 bridgehead atoms. The maximum absolute atomic E-state index is 13.5. The van der Waals surface area contributed by atoms with Crippen molar-refractivity contribution >= 4 is 21.6 Å². The van der Waals surface area contributed by atoms with Crippen molar-refractivity contribution < 1.29 is 32.2 Å². The number of benzene rings is 2. The number of amides is 1. The first kappa shape index (κ1) is 24.3. The quantitative estimate of drug-likeness (QED) is 0.557. The number of hydrogen-bond donors (Lipinski definition) is 1. The van der Waals surface area contributed by atoms with Crippen LogP contribution < -0.4 is 23.8 Å². The molecule has 31 heavy (non-hydrogen) atoms. The van der Waals surface area contributed by atoms with Crippen LogP contribution >= 0.6 is 0 Å². The zero-order valence-electron chi connectivity index (χ0n) is 18.2. The number of methoxy groups -OCH3 is 4. The minimum Gasteiger partial charge on any atom is -0.497 e. The Morgan fingerprint density at radius 3 is 2.16 bits per heavy atom. The molecule has 0 aliphatic carbocycles. The Labute approximate surface area is 182 Å². The van der Waals surface area contributed by atoms with Crippen LogP contribution in [0.25, 0.3) is 0 Å². The van der Waals surface area contributed by atoms with E-state index in [9.17, 15) is 13.2 Å². The molecule has 2 rings (SSSR count). The van der Waals surface area contributed by atoms with Gasteiger partial charge in [0.1, 0.15) is 12.3 Å². The zero-order chi connectivity index (χ0) is 23.0. The standard InChI is InChI=1S/C21H28N2O7S/c1-15(14-27-2)22-21(24)13-23(16-6-8-17(28-3)9-7-16)31(25,26)18-10-11-19(29-4)20(12-18)30-5/h6-12,15H,13-14H2,1-5H3,(H,22,24)/t15-/m1/s1. The maximum Gasteiger partial charge on any atom is 0.264 e. The molecule has 0 saturated carbocycles. The summed E-state index contributed by atoms with van der Waals surface area (Å²) in [6.45, 7) is 1.65. The Morgan fingerprint density at radius 1 is 0.968 bits per heavy atom. The van der Waals surface area contributed by atoms with Gasteiger partial charge in [-0.05, 0) is 43.3 Å². The molecule has 2 aromatic rings. The van der Waals surface area contributed by atoms with E-state index in [1.807, 2.05) is 0 Å². The van der Waals surface area contributed by atoms with Crippen LogP contribution in [0.4, 0.5) is 5.69 Å². The molecule has 0 spiro atoms. The summed E-state index contributed by atoms with van der Waals surface area (Å²) < 4.78 is 48.6. The van der Waals surface area contributed by atoms with Gasteiger partial charge in [0.2, 0.25) is 5.91 Å². The lowest BCUT2D eigenvalue weighted by Crippen LogP contribution is -2.44. The predicted octanol–water partition coefficient (Wildman–Crippen LogP) is 2.06. The lowest BCUT2D eigenvalue weighted by atomic mass is 10.3.